The van der Waals surface area contributed by atoms with Crippen LogP contribution < -0.4 is 0 Å². The molecular formula is C12H21NO2. The second-order valence-electron chi connectivity index (χ2n) is 3.42. The molecule has 0 aliphatic heterocycles. The zero-order chi connectivity index (χ0) is 11.7. The molecule has 0 aromatic heterocycles. The van der Waals surface area contributed by atoms with Crippen LogP contribution in [0.5, 0.6) is 0 Å². The molecule has 15 heavy (non-hydrogen) atoms. The molecule has 0 saturated heterocycles. The predicted octanol–water partition coefficient (Wildman–Crippen LogP) is 2.75. The standard InChI is InChI=1S/C12H21NO2/c1-5-8-13-12(10(3)14)11(6-2)7-9-15-4/h5,8,11-12,14H,1,3,6-7,9H2,2,4H3/b13-8+/t11-,12?/m0/s1. The van der Waals surface area contributed by atoms with Gasteiger partial charge in [0.05, 0.1) is 0 Å². The van der Waals surface area contributed by atoms with Crippen LogP contribution in [-0.2, 0) is 4.74 Å². The highest BCUT2D eigenvalue weighted by Gasteiger charge is 2.20. The summed E-state index contributed by atoms with van der Waals surface area (Å²) in [4.78, 5) is 4.22. The third kappa shape index (κ3) is 5.37. The Hall–Kier alpha value is -1.09. The fourth-order valence-corrected chi connectivity index (χ4v) is 1.49. The Morgan fingerprint density at radius 2 is 2.27 bits per heavy atom. The van der Waals surface area contributed by atoms with E-state index in [0.717, 1.165) is 12.8 Å². The van der Waals surface area contributed by atoms with Gasteiger partial charge in [-0.05, 0) is 12.3 Å². The van der Waals surface area contributed by atoms with Crippen LogP contribution in [0.15, 0.2) is 30.0 Å². The first-order valence-corrected chi connectivity index (χ1v) is 5.18. The van der Waals surface area contributed by atoms with Crippen molar-refractivity contribution in [3.05, 3.63) is 25.0 Å². The Morgan fingerprint density at radius 3 is 2.67 bits per heavy atom. The lowest BCUT2D eigenvalue weighted by molar-refractivity contribution is 0.167. The maximum Gasteiger partial charge on any atom is 0.110 e. The quantitative estimate of drug-likeness (QED) is 0.495. The lowest BCUT2D eigenvalue weighted by Gasteiger charge is -2.21. The lowest BCUT2D eigenvalue weighted by Crippen LogP contribution is -2.21. The fraction of sp³-hybridized carbons (Fsp3) is 0.583. The van der Waals surface area contributed by atoms with Crippen molar-refractivity contribution >= 4 is 6.21 Å². The van der Waals surface area contributed by atoms with E-state index in [-0.39, 0.29) is 17.7 Å². The second-order valence-corrected chi connectivity index (χ2v) is 3.42. The molecule has 2 atom stereocenters. The van der Waals surface area contributed by atoms with Gasteiger partial charge in [0.25, 0.3) is 0 Å². The molecular weight excluding hydrogens is 190 g/mol. The summed E-state index contributed by atoms with van der Waals surface area (Å²) in [6.45, 7) is 9.85. The van der Waals surface area contributed by atoms with E-state index in [0.29, 0.717) is 6.61 Å². The Balaban J connectivity index is 4.46. The number of nitrogens with zero attached hydrogens (tertiary/aromatic N) is 1. The van der Waals surface area contributed by atoms with E-state index in [1.807, 2.05) is 0 Å². The molecule has 0 aromatic carbocycles. The molecule has 0 aromatic rings. The molecule has 0 spiro atoms. The lowest BCUT2D eigenvalue weighted by atomic mass is 9.93. The van der Waals surface area contributed by atoms with Crippen LogP contribution in [0.3, 0.4) is 0 Å². The van der Waals surface area contributed by atoms with E-state index in [1.54, 1.807) is 19.4 Å². The minimum atomic E-state index is -0.247. The van der Waals surface area contributed by atoms with Gasteiger partial charge >= 0.3 is 0 Å². The van der Waals surface area contributed by atoms with E-state index < -0.39 is 0 Å². The summed E-state index contributed by atoms with van der Waals surface area (Å²) >= 11 is 0. The van der Waals surface area contributed by atoms with Crippen LogP contribution >= 0.6 is 0 Å². The minimum Gasteiger partial charge on any atom is -0.511 e. The van der Waals surface area contributed by atoms with Crippen LogP contribution in [0.1, 0.15) is 19.8 Å². The maximum atomic E-state index is 9.46. The minimum absolute atomic E-state index is 0.107. The third-order valence-corrected chi connectivity index (χ3v) is 2.36. The van der Waals surface area contributed by atoms with Gasteiger partial charge in [-0.25, -0.2) is 0 Å². The highest BCUT2D eigenvalue weighted by atomic mass is 16.5. The molecule has 0 heterocycles. The van der Waals surface area contributed by atoms with Crippen molar-refractivity contribution in [3.63, 3.8) is 0 Å². The summed E-state index contributed by atoms with van der Waals surface area (Å²) in [7, 11) is 1.67. The summed E-state index contributed by atoms with van der Waals surface area (Å²) in [5, 5.41) is 9.46. The summed E-state index contributed by atoms with van der Waals surface area (Å²) in [6, 6.07) is -0.247. The first-order chi connectivity index (χ1) is 7.17. The van der Waals surface area contributed by atoms with E-state index in [2.05, 4.69) is 25.1 Å². The molecule has 86 valence electrons. The molecule has 0 bridgehead atoms. The molecule has 1 unspecified atom stereocenters. The Bertz CT molecular complexity index is 224. The molecule has 3 nitrogen and oxygen atoms in total. The van der Waals surface area contributed by atoms with E-state index in [1.165, 1.54) is 0 Å². The summed E-state index contributed by atoms with van der Waals surface area (Å²) in [5.74, 6) is 0.370. The number of aliphatic hydroxyl groups is 1. The number of allylic oxidation sites excluding steroid dienone is 1. The van der Waals surface area contributed by atoms with Gasteiger partial charge in [-0.15, -0.1) is 0 Å². The number of hydrogen-bond acceptors (Lipinski definition) is 3. The molecule has 0 radical (unpaired) electrons. The van der Waals surface area contributed by atoms with Gasteiger partial charge in [0.1, 0.15) is 11.8 Å². The van der Waals surface area contributed by atoms with Gasteiger partial charge in [-0.2, -0.15) is 0 Å². The monoisotopic (exact) mass is 211 g/mol. The van der Waals surface area contributed by atoms with E-state index >= 15 is 0 Å². The molecule has 0 fully saturated rings. The average Bonchev–Trinajstić information content (AvgIpc) is 2.22. The van der Waals surface area contributed by atoms with Crippen LogP contribution in [0, 0.1) is 5.92 Å². The first kappa shape index (κ1) is 13.9. The van der Waals surface area contributed by atoms with Gasteiger partial charge < -0.3 is 9.84 Å². The SMILES string of the molecule is C=C/C=N/C(C(=C)O)[C@@H](CC)CCOC. The van der Waals surface area contributed by atoms with Gasteiger partial charge in [0, 0.05) is 19.9 Å². The highest BCUT2D eigenvalue weighted by Crippen LogP contribution is 2.20. The van der Waals surface area contributed by atoms with Crippen molar-refractivity contribution in [1.29, 1.82) is 0 Å². The number of hydrogen-bond donors (Lipinski definition) is 1. The summed E-state index contributed by atoms with van der Waals surface area (Å²) in [5.41, 5.74) is 0. The smallest absolute Gasteiger partial charge is 0.110 e. The normalized spacial score (nSPS) is 15.1. The van der Waals surface area contributed by atoms with Crippen LogP contribution in [0.25, 0.3) is 0 Å². The number of aliphatic hydroxyl groups excluding tert-OH is 1. The van der Waals surface area contributed by atoms with Crippen molar-refractivity contribution in [1.82, 2.24) is 0 Å². The largest absolute Gasteiger partial charge is 0.511 e. The molecule has 3 heteroatoms. The zero-order valence-electron chi connectivity index (χ0n) is 9.65. The predicted molar refractivity (Wildman–Crippen MR) is 64.5 cm³/mol. The van der Waals surface area contributed by atoms with Crippen molar-refractivity contribution < 1.29 is 9.84 Å². The fourth-order valence-electron chi connectivity index (χ4n) is 1.49. The second kappa shape index (κ2) is 8.24. The Labute approximate surface area is 92.2 Å². The molecule has 0 saturated carbocycles. The van der Waals surface area contributed by atoms with Gasteiger partial charge in [-0.3, -0.25) is 4.99 Å². The molecule has 0 aliphatic rings. The summed E-state index contributed by atoms with van der Waals surface area (Å²) in [6.07, 6.45) is 4.99. The topological polar surface area (TPSA) is 41.8 Å². The van der Waals surface area contributed by atoms with E-state index in [9.17, 15) is 5.11 Å². The van der Waals surface area contributed by atoms with Crippen LogP contribution in [0.4, 0.5) is 0 Å². The Morgan fingerprint density at radius 1 is 1.60 bits per heavy atom. The van der Waals surface area contributed by atoms with Crippen molar-refractivity contribution in [2.24, 2.45) is 10.9 Å². The summed E-state index contributed by atoms with van der Waals surface area (Å²) < 4.78 is 5.03. The van der Waals surface area contributed by atoms with Crippen LogP contribution in [0.2, 0.25) is 0 Å². The van der Waals surface area contributed by atoms with Crippen molar-refractivity contribution in [2.45, 2.75) is 25.8 Å². The Kier molecular flexibility index (Phi) is 7.64. The number of aliphatic imine (C=N–C) groups is 1. The molecule has 1 N–H and O–H groups in total. The number of methoxy groups -OCH3 is 1. The molecule has 0 amide bonds. The van der Waals surface area contributed by atoms with Gasteiger partial charge in [0.2, 0.25) is 0 Å². The van der Waals surface area contributed by atoms with Gasteiger partial charge in [0.15, 0.2) is 0 Å². The number of rotatable bonds is 8. The van der Waals surface area contributed by atoms with Crippen LogP contribution in [-0.4, -0.2) is 31.1 Å². The molecule has 0 rings (SSSR count). The molecule has 0 aliphatic carbocycles. The number of ether oxygens (including phenoxy) is 1. The van der Waals surface area contributed by atoms with Gasteiger partial charge in [-0.1, -0.05) is 32.6 Å². The highest BCUT2D eigenvalue weighted by molar-refractivity contribution is 5.70. The van der Waals surface area contributed by atoms with E-state index in [4.69, 9.17) is 4.74 Å². The maximum absolute atomic E-state index is 9.46. The third-order valence-electron chi connectivity index (χ3n) is 2.36. The zero-order valence-corrected chi connectivity index (χ0v) is 9.65. The average molecular weight is 211 g/mol. The van der Waals surface area contributed by atoms with Crippen molar-refractivity contribution in [2.75, 3.05) is 13.7 Å². The first-order valence-electron chi connectivity index (χ1n) is 5.18. The van der Waals surface area contributed by atoms with Crippen molar-refractivity contribution in [3.8, 4) is 0 Å².